The number of likely N-dealkylation sites (tertiary alicyclic amines) is 1. The number of sulfone groups is 1. The summed E-state index contributed by atoms with van der Waals surface area (Å²) in [5.41, 5.74) is -0.954. The lowest BCUT2D eigenvalue weighted by Crippen LogP contribution is -2.37. The lowest BCUT2D eigenvalue weighted by molar-refractivity contribution is -0.128. The van der Waals surface area contributed by atoms with Crippen molar-refractivity contribution in [2.45, 2.75) is 30.6 Å². The molecule has 0 saturated carbocycles. The van der Waals surface area contributed by atoms with Crippen LogP contribution in [0.5, 0.6) is 11.5 Å². The fourth-order valence-electron chi connectivity index (χ4n) is 4.18. The van der Waals surface area contributed by atoms with Gasteiger partial charge in [-0.15, -0.1) is 0 Å². The number of methoxy groups -OCH3 is 1. The Labute approximate surface area is 181 Å². The Bertz CT molecular complexity index is 1140. The largest absolute Gasteiger partial charge is 0.506 e. The minimum atomic E-state index is -4.12. The van der Waals surface area contributed by atoms with Crippen LogP contribution in [-0.2, 0) is 14.6 Å². The lowest BCUT2D eigenvalue weighted by Gasteiger charge is -2.31. The summed E-state index contributed by atoms with van der Waals surface area (Å²) in [5.74, 6) is 0.114. The van der Waals surface area contributed by atoms with Crippen LogP contribution in [0.15, 0.2) is 59.2 Å². The summed E-state index contributed by atoms with van der Waals surface area (Å²) in [5, 5.41) is 11.2. The monoisotopic (exact) mass is 443 g/mol. The number of ether oxygens (including phenoxy) is 2. The summed E-state index contributed by atoms with van der Waals surface area (Å²) >= 11 is 0. The predicted molar refractivity (Wildman–Crippen MR) is 115 cm³/mol. The van der Waals surface area contributed by atoms with Gasteiger partial charge < -0.3 is 19.5 Å². The normalized spacial score (nSPS) is 23.5. The lowest BCUT2D eigenvalue weighted by atomic mass is 9.95. The van der Waals surface area contributed by atoms with E-state index in [0.29, 0.717) is 23.6 Å². The Morgan fingerprint density at radius 3 is 2.45 bits per heavy atom. The number of para-hydroxylation sites is 1. The van der Waals surface area contributed by atoms with Gasteiger partial charge in [-0.05, 0) is 42.3 Å². The van der Waals surface area contributed by atoms with E-state index >= 15 is 0 Å². The average Bonchev–Trinajstić information content (AvgIpc) is 3.07. The zero-order valence-electron chi connectivity index (χ0n) is 17.6. The number of nitrogens with zero attached hydrogens (tertiary/aromatic N) is 1. The van der Waals surface area contributed by atoms with Gasteiger partial charge in [-0.3, -0.25) is 4.79 Å². The van der Waals surface area contributed by atoms with Crippen molar-refractivity contribution < 1.29 is 27.8 Å². The van der Waals surface area contributed by atoms with Gasteiger partial charge in [0.15, 0.2) is 5.76 Å². The zero-order chi connectivity index (χ0) is 22.3. The van der Waals surface area contributed by atoms with E-state index in [4.69, 9.17) is 9.47 Å². The van der Waals surface area contributed by atoms with Crippen LogP contribution in [0.4, 0.5) is 0 Å². The SMILES string of the molecule is CCC1CN(C2=C(O)C(S(=O)(=O)c3ccc(OC)cc3)Oc3ccccc32)C(=O)C1C. The van der Waals surface area contributed by atoms with Crippen molar-refractivity contribution in [3.8, 4) is 11.5 Å². The van der Waals surface area contributed by atoms with Gasteiger partial charge in [0.05, 0.1) is 17.7 Å². The average molecular weight is 444 g/mol. The Balaban J connectivity index is 1.83. The van der Waals surface area contributed by atoms with Crippen molar-refractivity contribution in [1.29, 1.82) is 0 Å². The zero-order valence-corrected chi connectivity index (χ0v) is 18.4. The molecule has 3 unspecified atom stereocenters. The molecule has 0 aromatic heterocycles. The molecule has 8 heteroatoms. The number of hydrogen-bond acceptors (Lipinski definition) is 6. The number of benzene rings is 2. The minimum absolute atomic E-state index is 0.0175. The van der Waals surface area contributed by atoms with E-state index in [1.807, 2.05) is 13.8 Å². The van der Waals surface area contributed by atoms with E-state index in [9.17, 15) is 18.3 Å². The highest BCUT2D eigenvalue weighted by Crippen LogP contribution is 2.43. The van der Waals surface area contributed by atoms with Gasteiger partial charge in [-0.1, -0.05) is 32.4 Å². The number of hydrogen-bond donors (Lipinski definition) is 1. The van der Waals surface area contributed by atoms with Crippen molar-refractivity contribution in [2.75, 3.05) is 13.7 Å². The number of amides is 1. The van der Waals surface area contributed by atoms with E-state index in [0.717, 1.165) is 6.42 Å². The van der Waals surface area contributed by atoms with E-state index in [1.165, 1.54) is 36.3 Å². The summed E-state index contributed by atoms with van der Waals surface area (Å²) in [7, 11) is -2.63. The maximum absolute atomic E-state index is 13.4. The third-order valence-electron chi connectivity index (χ3n) is 6.09. The smallest absolute Gasteiger partial charge is 0.261 e. The van der Waals surface area contributed by atoms with Crippen LogP contribution in [0.3, 0.4) is 0 Å². The third-order valence-corrected chi connectivity index (χ3v) is 7.90. The molecule has 1 saturated heterocycles. The molecule has 2 aromatic rings. The number of aliphatic hydroxyl groups is 1. The molecule has 4 rings (SSSR count). The first-order valence-corrected chi connectivity index (χ1v) is 11.7. The first-order chi connectivity index (χ1) is 14.8. The molecule has 3 atom stereocenters. The van der Waals surface area contributed by atoms with Crippen LogP contribution in [0.25, 0.3) is 5.70 Å². The van der Waals surface area contributed by atoms with E-state index < -0.39 is 21.0 Å². The molecule has 2 aliphatic rings. The Hall–Kier alpha value is -3.00. The first kappa shape index (κ1) is 21.2. The maximum Gasteiger partial charge on any atom is 0.261 e. The molecule has 2 heterocycles. The molecule has 2 aromatic carbocycles. The van der Waals surface area contributed by atoms with E-state index in [1.54, 1.807) is 24.3 Å². The molecule has 0 aliphatic carbocycles. The van der Waals surface area contributed by atoms with Crippen LogP contribution >= 0.6 is 0 Å². The highest BCUT2D eigenvalue weighted by atomic mass is 32.2. The highest BCUT2D eigenvalue weighted by molar-refractivity contribution is 7.92. The van der Waals surface area contributed by atoms with Gasteiger partial charge >= 0.3 is 0 Å². The summed E-state index contributed by atoms with van der Waals surface area (Å²) < 4.78 is 37.6. The van der Waals surface area contributed by atoms with Crippen molar-refractivity contribution in [1.82, 2.24) is 4.90 Å². The predicted octanol–water partition coefficient (Wildman–Crippen LogP) is 3.62. The Morgan fingerprint density at radius 2 is 1.84 bits per heavy atom. The molecule has 164 valence electrons. The number of fused-ring (bicyclic) bond motifs is 1. The van der Waals surface area contributed by atoms with Crippen LogP contribution in [0.2, 0.25) is 0 Å². The first-order valence-electron chi connectivity index (χ1n) is 10.2. The van der Waals surface area contributed by atoms with Crippen LogP contribution in [0.1, 0.15) is 25.8 Å². The molecule has 0 bridgehead atoms. The summed E-state index contributed by atoms with van der Waals surface area (Å²) in [6.07, 6.45) is 0.809. The molecular weight excluding hydrogens is 418 g/mol. The molecule has 0 radical (unpaired) electrons. The number of aliphatic hydroxyl groups excluding tert-OH is 1. The fourth-order valence-corrected chi connectivity index (χ4v) is 5.58. The van der Waals surface area contributed by atoms with Crippen molar-refractivity contribution in [2.24, 2.45) is 11.8 Å². The van der Waals surface area contributed by atoms with Crippen LogP contribution in [-0.4, -0.2) is 43.4 Å². The van der Waals surface area contributed by atoms with Crippen molar-refractivity contribution in [3.05, 3.63) is 59.9 Å². The van der Waals surface area contributed by atoms with Gasteiger partial charge in [0.25, 0.3) is 5.44 Å². The molecule has 31 heavy (non-hydrogen) atoms. The molecule has 1 N–H and O–H groups in total. The van der Waals surface area contributed by atoms with E-state index in [2.05, 4.69) is 0 Å². The van der Waals surface area contributed by atoms with Crippen molar-refractivity contribution >= 4 is 21.4 Å². The number of rotatable bonds is 5. The van der Waals surface area contributed by atoms with Gasteiger partial charge in [0.1, 0.15) is 11.5 Å². The molecule has 1 amide bonds. The minimum Gasteiger partial charge on any atom is -0.506 e. The number of carbonyl (C=O) groups is 1. The fraction of sp³-hybridized carbons (Fsp3) is 0.348. The van der Waals surface area contributed by atoms with Gasteiger partial charge in [-0.25, -0.2) is 8.42 Å². The number of carbonyl (C=O) groups excluding carboxylic acids is 1. The van der Waals surface area contributed by atoms with Gasteiger partial charge in [0, 0.05) is 18.0 Å². The maximum atomic E-state index is 13.4. The molecular formula is C23H25NO6S. The Morgan fingerprint density at radius 1 is 1.16 bits per heavy atom. The highest BCUT2D eigenvalue weighted by Gasteiger charge is 2.45. The quantitative estimate of drug-likeness (QED) is 0.759. The van der Waals surface area contributed by atoms with Crippen LogP contribution < -0.4 is 9.47 Å². The Kier molecular flexibility index (Phi) is 5.43. The van der Waals surface area contributed by atoms with Gasteiger partial charge in [-0.2, -0.15) is 0 Å². The second-order valence-corrected chi connectivity index (χ2v) is 9.80. The van der Waals surface area contributed by atoms with Crippen molar-refractivity contribution in [3.63, 3.8) is 0 Å². The third kappa shape index (κ3) is 3.44. The molecule has 7 nitrogen and oxygen atoms in total. The summed E-state index contributed by atoms with van der Waals surface area (Å²) in [6.45, 7) is 4.30. The van der Waals surface area contributed by atoms with Gasteiger partial charge in [0.2, 0.25) is 15.7 Å². The van der Waals surface area contributed by atoms with E-state index in [-0.39, 0.29) is 28.3 Å². The molecule has 1 fully saturated rings. The summed E-state index contributed by atoms with van der Waals surface area (Å²) in [4.78, 5) is 14.5. The van der Waals surface area contributed by atoms with Crippen LogP contribution in [0, 0.1) is 11.8 Å². The second-order valence-electron chi connectivity index (χ2n) is 7.81. The molecule has 0 spiro atoms. The summed E-state index contributed by atoms with van der Waals surface area (Å²) in [6, 6.07) is 12.7. The standard InChI is InChI=1S/C23H25NO6S/c1-4-15-13-24(22(26)14(15)2)20-18-7-5-6-8-19(18)30-23(21(20)25)31(27,28)17-11-9-16(29-3)10-12-17/h5-12,14-15,23,25H,4,13H2,1-3H3. The second kappa shape index (κ2) is 7.92. The molecule has 2 aliphatic heterocycles. The topological polar surface area (TPSA) is 93.1 Å².